The summed E-state index contributed by atoms with van der Waals surface area (Å²) < 4.78 is 0. The highest BCUT2D eigenvalue weighted by Crippen LogP contribution is 2.42. The van der Waals surface area contributed by atoms with Crippen molar-refractivity contribution in [3.05, 3.63) is 93.6 Å². The maximum Gasteiger partial charge on any atom is 0.303 e. The van der Waals surface area contributed by atoms with E-state index in [0.29, 0.717) is 6.42 Å². The lowest BCUT2D eigenvalue weighted by atomic mass is 9.94. The van der Waals surface area contributed by atoms with Crippen LogP contribution in [-0.2, 0) is 17.6 Å². The molecule has 0 saturated heterocycles. The van der Waals surface area contributed by atoms with Crippen LogP contribution in [0, 0.1) is 13.8 Å². The molecule has 2 aliphatic heterocycles. The molecule has 6 rings (SSSR count). The molecule has 1 aromatic carbocycles. The summed E-state index contributed by atoms with van der Waals surface area (Å²) in [5, 5.41) is 9.70. The summed E-state index contributed by atoms with van der Waals surface area (Å²) in [5.41, 5.74) is 19.2. The zero-order valence-electron chi connectivity index (χ0n) is 28.1. The predicted octanol–water partition coefficient (Wildman–Crippen LogP) is 10.2. The van der Waals surface area contributed by atoms with E-state index in [1.54, 1.807) is 0 Å². The van der Waals surface area contributed by atoms with Crippen LogP contribution in [0.3, 0.4) is 0 Å². The molecule has 4 aromatic rings. The zero-order chi connectivity index (χ0) is 32.7. The molecular formula is C40H44N4O2. The molecule has 0 aliphatic carbocycles. The largest absolute Gasteiger partial charge is 0.481 e. The number of aromatic amines is 2. The Bertz CT molecular complexity index is 2090. The normalized spacial score (nSPS) is 13.2. The van der Waals surface area contributed by atoms with Gasteiger partial charge in [-0.05, 0) is 129 Å². The first-order chi connectivity index (χ1) is 22.1. The average Bonchev–Trinajstić information content (AvgIpc) is 3.70. The van der Waals surface area contributed by atoms with Crippen molar-refractivity contribution in [2.24, 2.45) is 0 Å². The lowest BCUT2D eigenvalue weighted by Gasteiger charge is -2.08. The first kappa shape index (κ1) is 31.3. The van der Waals surface area contributed by atoms with Gasteiger partial charge in [0.25, 0.3) is 0 Å². The van der Waals surface area contributed by atoms with Crippen LogP contribution in [0.4, 0.5) is 0 Å². The second-order valence-electron chi connectivity index (χ2n) is 12.7. The van der Waals surface area contributed by atoms with Crippen molar-refractivity contribution >= 4 is 50.3 Å². The van der Waals surface area contributed by atoms with Gasteiger partial charge in [0.2, 0.25) is 0 Å². The molecule has 0 saturated carbocycles. The number of aryl methyl sites for hydroxylation is 4. The maximum atomic E-state index is 11.8. The van der Waals surface area contributed by atoms with E-state index in [4.69, 9.17) is 9.97 Å². The van der Waals surface area contributed by atoms with Crippen LogP contribution in [0.2, 0.25) is 0 Å². The number of hydrogen-bond acceptors (Lipinski definition) is 3. The Morgan fingerprint density at radius 2 is 1.43 bits per heavy atom. The van der Waals surface area contributed by atoms with Crippen LogP contribution < -0.4 is 0 Å². The Balaban J connectivity index is 1.85. The molecular weight excluding hydrogens is 568 g/mol. The number of carbonyl (C=O) groups is 1. The van der Waals surface area contributed by atoms with Gasteiger partial charge in [0.05, 0.1) is 28.3 Å². The second kappa shape index (κ2) is 12.6. The third-order valence-electron chi connectivity index (χ3n) is 9.90. The van der Waals surface area contributed by atoms with Crippen LogP contribution in [-0.4, -0.2) is 31.0 Å². The van der Waals surface area contributed by atoms with Crippen molar-refractivity contribution in [1.82, 2.24) is 19.9 Å². The predicted molar refractivity (Wildman–Crippen MR) is 191 cm³/mol. The van der Waals surface area contributed by atoms with Gasteiger partial charge in [-0.15, -0.1) is 0 Å². The molecule has 6 heteroatoms. The minimum Gasteiger partial charge on any atom is -0.481 e. The van der Waals surface area contributed by atoms with Gasteiger partial charge in [-0.25, -0.2) is 9.97 Å². The van der Waals surface area contributed by atoms with E-state index in [-0.39, 0.29) is 6.42 Å². The van der Waals surface area contributed by atoms with Crippen molar-refractivity contribution in [2.45, 2.75) is 87.0 Å². The lowest BCUT2D eigenvalue weighted by molar-refractivity contribution is -0.136. The topological polar surface area (TPSA) is 94.7 Å². The van der Waals surface area contributed by atoms with Crippen molar-refractivity contribution in [3.63, 3.8) is 0 Å². The molecule has 236 valence electrons. The van der Waals surface area contributed by atoms with Crippen molar-refractivity contribution in [1.29, 1.82) is 0 Å². The number of allylic oxidation sites excluding steroid dienone is 4. The van der Waals surface area contributed by atoms with Gasteiger partial charge in [0.1, 0.15) is 0 Å². The molecule has 0 amide bonds. The van der Waals surface area contributed by atoms with Gasteiger partial charge in [-0.3, -0.25) is 4.79 Å². The SMILES string of the molecule is CCCCC1=C(C)c2nc1cc1nc(cc3[nH]c(cc4[nH]c(c(C)c4CCC(=O)O)c2-c2ccccc2)c(CC)c3C)C(C)=C1C. The van der Waals surface area contributed by atoms with E-state index in [9.17, 15) is 9.90 Å². The number of aliphatic carboxylic acids is 1. The fraction of sp³-hybridized carbons (Fsp3) is 0.325. The molecule has 6 nitrogen and oxygen atoms in total. The number of H-pyrrole nitrogens is 2. The number of benzene rings is 1. The third kappa shape index (κ3) is 5.51. The molecule has 46 heavy (non-hydrogen) atoms. The van der Waals surface area contributed by atoms with E-state index >= 15 is 0 Å². The van der Waals surface area contributed by atoms with Crippen LogP contribution in [0.1, 0.15) is 105 Å². The molecule has 0 unspecified atom stereocenters. The number of unbranched alkanes of at least 4 members (excludes halogenated alkanes) is 1. The Kier molecular flexibility index (Phi) is 8.56. The number of rotatable bonds is 8. The summed E-state index contributed by atoms with van der Waals surface area (Å²) in [7, 11) is 0. The summed E-state index contributed by atoms with van der Waals surface area (Å²) in [4.78, 5) is 29.9. The third-order valence-corrected chi connectivity index (χ3v) is 9.90. The molecule has 0 radical (unpaired) electrons. The first-order valence-corrected chi connectivity index (χ1v) is 16.5. The highest BCUT2D eigenvalue weighted by atomic mass is 16.4. The minimum absolute atomic E-state index is 0.0559. The highest BCUT2D eigenvalue weighted by Gasteiger charge is 2.24. The number of carboxylic acid groups (broad SMARTS) is 1. The summed E-state index contributed by atoms with van der Waals surface area (Å²) >= 11 is 0. The molecule has 0 atom stereocenters. The van der Waals surface area contributed by atoms with E-state index in [2.05, 4.69) is 101 Å². The van der Waals surface area contributed by atoms with Crippen LogP contribution in [0.5, 0.6) is 0 Å². The maximum absolute atomic E-state index is 11.8. The fourth-order valence-electron chi connectivity index (χ4n) is 7.00. The number of nitrogens with one attached hydrogen (secondary N) is 2. The smallest absolute Gasteiger partial charge is 0.303 e. The number of hydrogen-bond donors (Lipinski definition) is 3. The minimum atomic E-state index is -0.804. The van der Waals surface area contributed by atoms with E-state index in [1.807, 2.05) is 6.07 Å². The number of fused-ring (bicyclic) bond motifs is 8. The van der Waals surface area contributed by atoms with Gasteiger partial charge < -0.3 is 15.1 Å². The standard InChI is InChI=1S/C40H44N4O2/c1-8-10-16-29-25(6)39-38(27-14-12-11-13-15-27)40-26(7)30(17-18-37(45)46)36(44-40)21-34-28(9-2)24(5)33(42-34)19-31-22(3)23(4)32(41-31)20-35(29)43-39/h11-15,19-21,42,44H,8-10,16-18H2,1-7H3,(H,45,46). The van der Waals surface area contributed by atoms with Crippen molar-refractivity contribution < 1.29 is 9.90 Å². The molecule has 3 aromatic heterocycles. The number of nitrogens with zero attached hydrogens (tertiary/aromatic N) is 2. The Morgan fingerprint density at radius 3 is 2.11 bits per heavy atom. The summed E-state index contributed by atoms with van der Waals surface area (Å²) in [5.74, 6) is -0.804. The average molecular weight is 613 g/mol. The molecule has 3 N–H and O–H groups in total. The van der Waals surface area contributed by atoms with Crippen LogP contribution in [0.25, 0.3) is 55.5 Å². The lowest BCUT2D eigenvalue weighted by Crippen LogP contribution is -1.98. The fourth-order valence-corrected chi connectivity index (χ4v) is 7.00. The molecule has 0 spiro atoms. The second-order valence-corrected chi connectivity index (χ2v) is 12.7. The molecule has 5 heterocycles. The summed E-state index contributed by atoms with van der Waals surface area (Å²) in [6, 6.07) is 17.0. The Hall–Kier alpha value is -4.71. The Morgan fingerprint density at radius 1 is 0.739 bits per heavy atom. The molecule has 8 bridgehead atoms. The Labute approximate surface area is 271 Å². The van der Waals surface area contributed by atoms with Crippen molar-refractivity contribution in [2.75, 3.05) is 0 Å². The first-order valence-electron chi connectivity index (χ1n) is 16.5. The van der Waals surface area contributed by atoms with Crippen LogP contribution >= 0.6 is 0 Å². The van der Waals surface area contributed by atoms with Gasteiger partial charge >= 0.3 is 5.97 Å². The van der Waals surface area contributed by atoms with Gasteiger partial charge in [-0.1, -0.05) is 50.6 Å². The van der Waals surface area contributed by atoms with Gasteiger partial charge in [-0.2, -0.15) is 0 Å². The summed E-state index contributed by atoms with van der Waals surface area (Å²) in [6.45, 7) is 15.2. The van der Waals surface area contributed by atoms with E-state index in [1.165, 1.54) is 33.4 Å². The van der Waals surface area contributed by atoms with Crippen molar-refractivity contribution in [3.8, 4) is 11.1 Å². The van der Waals surface area contributed by atoms with Gasteiger partial charge in [0, 0.05) is 28.5 Å². The van der Waals surface area contributed by atoms with Gasteiger partial charge in [0.15, 0.2) is 0 Å². The summed E-state index contributed by atoms with van der Waals surface area (Å²) in [6.07, 6.45) is 4.47. The molecule has 2 aliphatic rings. The van der Waals surface area contributed by atoms with E-state index in [0.717, 1.165) is 92.8 Å². The number of carboxylic acids is 1. The molecule has 0 fully saturated rings. The zero-order valence-corrected chi connectivity index (χ0v) is 28.1. The highest BCUT2D eigenvalue weighted by molar-refractivity contribution is 6.01. The van der Waals surface area contributed by atoms with Crippen LogP contribution in [0.15, 0.2) is 48.5 Å². The quantitative estimate of drug-likeness (QED) is 0.184. The number of aromatic nitrogens is 4. The monoisotopic (exact) mass is 612 g/mol. The van der Waals surface area contributed by atoms with E-state index < -0.39 is 5.97 Å².